The van der Waals surface area contributed by atoms with Crippen LogP contribution < -0.4 is 5.32 Å². The molecule has 1 saturated carbocycles. The van der Waals surface area contributed by atoms with Crippen LogP contribution in [-0.2, 0) is 10.8 Å². The van der Waals surface area contributed by atoms with Crippen molar-refractivity contribution in [3.63, 3.8) is 0 Å². The van der Waals surface area contributed by atoms with Gasteiger partial charge in [-0.2, -0.15) is 0 Å². The van der Waals surface area contributed by atoms with Gasteiger partial charge in [0.1, 0.15) is 0 Å². The Bertz CT molecular complexity index is 460. The summed E-state index contributed by atoms with van der Waals surface area (Å²) in [5.41, 5.74) is 3.88. The van der Waals surface area contributed by atoms with E-state index in [-0.39, 0.29) is 6.04 Å². The molecule has 1 aliphatic carbocycles. The Balaban J connectivity index is 2.10. The number of hydrogen-bond acceptors (Lipinski definition) is 2. The lowest BCUT2D eigenvalue weighted by atomic mass is 10.0. The smallest absolute Gasteiger partial charge is 0.0437 e. The van der Waals surface area contributed by atoms with Crippen molar-refractivity contribution in [2.75, 3.05) is 12.3 Å². The van der Waals surface area contributed by atoms with Crippen LogP contribution >= 0.6 is 0 Å². The maximum absolute atomic E-state index is 12.6. The highest BCUT2D eigenvalue weighted by molar-refractivity contribution is 7.85. The van der Waals surface area contributed by atoms with Crippen molar-refractivity contribution in [1.29, 1.82) is 0 Å². The number of benzene rings is 1. The SMILES string of the molecule is CCCNC(CS(=O)C1CCCC1)c1cc(C)cc(C)c1. The van der Waals surface area contributed by atoms with Crippen LogP contribution in [0.25, 0.3) is 0 Å². The summed E-state index contributed by atoms with van der Waals surface area (Å²) in [6.07, 6.45) is 5.93. The molecule has 21 heavy (non-hydrogen) atoms. The van der Waals surface area contributed by atoms with E-state index in [9.17, 15) is 4.21 Å². The van der Waals surface area contributed by atoms with Crippen LogP contribution in [-0.4, -0.2) is 21.8 Å². The van der Waals surface area contributed by atoms with Crippen LogP contribution in [0.2, 0.25) is 0 Å². The van der Waals surface area contributed by atoms with E-state index in [1.54, 1.807) is 0 Å². The van der Waals surface area contributed by atoms with Crippen LogP contribution in [0, 0.1) is 13.8 Å². The number of rotatable bonds is 7. The Hall–Kier alpha value is -0.670. The summed E-state index contributed by atoms with van der Waals surface area (Å²) >= 11 is 0. The number of hydrogen-bond donors (Lipinski definition) is 1. The van der Waals surface area contributed by atoms with E-state index in [2.05, 4.69) is 44.3 Å². The fourth-order valence-electron chi connectivity index (χ4n) is 3.25. The molecule has 0 aromatic heterocycles. The zero-order chi connectivity index (χ0) is 15.2. The fourth-order valence-corrected chi connectivity index (χ4v) is 5.02. The molecule has 3 heteroatoms. The molecule has 1 fully saturated rings. The van der Waals surface area contributed by atoms with E-state index in [1.165, 1.54) is 29.5 Å². The van der Waals surface area contributed by atoms with Crippen molar-refractivity contribution < 1.29 is 4.21 Å². The van der Waals surface area contributed by atoms with Gasteiger partial charge < -0.3 is 5.32 Å². The first-order valence-corrected chi connectivity index (χ1v) is 9.67. The predicted octanol–water partition coefficient (Wildman–Crippen LogP) is 4.04. The summed E-state index contributed by atoms with van der Waals surface area (Å²) in [5, 5.41) is 4.03. The molecule has 118 valence electrons. The average Bonchev–Trinajstić information content (AvgIpc) is 2.96. The monoisotopic (exact) mass is 307 g/mol. The first-order chi connectivity index (χ1) is 10.1. The molecule has 0 aliphatic heterocycles. The molecular formula is C18H29NOS. The van der Waals surface area contributed by atoms with E-state index in [0.717, 1.165) is 31.6 Å². The van der Waals surface area contributed by atoms with Gasteiger partial charge in [-0.05, 0) is 45.2 Å². The van der Waals surface area contributed by atoms with Crippen molar-refractivity contribution in [2.24, 2.45) is 0 Å². The third kappa shape index (κ3) is 4.93. The quantitative estimate of drug-likeness (QED) is 0.824. The van der Waals surface area contributed by atoms with E-state index in [0.29, 0.717) is 5.25 Å². The van der Waals surface area contributed by atoms with E-state index < -0.39 is 10.8 Å². The maximum atomic E-state index is 12.6. The summed E-state index contributed by atoms with van der Waals surface area (Å²) in [5.74, 6) is 0.758. The van der Waals surface area contributed by atoms with E-state index in [1.807, 2.05) is 0 Å². The fraction of sp³-hybridized carbons (Fsp3) is 0.667. The Morgan fingerprint density at radius 3 is 2.38 bits per heavy atom. The predicted molar refractivity (Wildman–Crippen MR) is 92.2 cm³/mol. The highest BCUT2D eigenvalue weighted by Gasteiger charge is 2.24. The lowest BCUT2D eigenvalue weighted by Crippen LogP contribution is -2.29. The average molecular weight is 308 g/mol. The van der Waals surface area contributed by atoms with Crippen molar-refractivity contribution >= 4 is 10.8 Å². The molecule has 2 unspecified atom stereocenters. The molecular weight excluding hydrogens is 278 g/mol. The van der Waals surface area contributed by atoms with Gasteiger partial charge in [0.2, 0.25) is 0 Å². The largest absolute Gasteiger partial charge is 0.309 e. The topological polar surface area (TPSA) is 29.1 Å². The molecule has 2 rings (SSSR count). The Morgan fingerprint density at radius 2 is 1.81 bits per heavy atom. The lowest BCUT2D eigenvalue weighted by molar-refractivity contribution is 0.566. The third-order valence-electron chi connectivity index (χ3n) is 4.29. The second-order valence-corrected chi connectivity index (χ2v) is 8.14. The molecule has 1 aromatic rings. The van der Waals surface area contributed by atoms with Crippen LogP contribution in [0.4, 0.5) is 0 Å². The molecule has 2 atom stereocenters. The second kappa shape index (κ2) is 8.09. The molecule has 1 N–H and O–H groups in total. The summed E-state index contributed by atoms with van der Waals surface area (Å²) in [7, 11) is -0.705. The third-order valence-corrected chi connectivity index (χ3v) is 6.17. The van der Waals surface area contributed by atoms with E-state index >= 15 is 0 Å². The molecule has 1 aliphatic rings. The first kappa shape index (κ1) is 16.7. The minimum absolute atomic E-state index is 0.227. The summed E-state index contributed by atoms with van der Waals surface area (Å²) in [4.78, 5) is 0. The second-order valence-electron chi connectivity index (χ2n) is 6.38. The molecule has 0 heterocycles. The minimum atomic E-state index is -0.705. The zero-order valence-electron chi connectivity index (χ0n) is 13.7. The Kier molecular flexibility index (Phi) is 6.43. The van der Waals surface area contributed by atoms with Gasteiger partial charge in [-0.25, -0.2) is 0 Å². The Morgan fingerprint density at radius 1 is 1.19 bits per heavy atom. The van der Waals surface area contributed by atoms with Crippen LogP contribution in [0.1, 0.15) is 61.8 Å². The van der Waals surface area contributed by atoms with Gasteiger partial charge in [0, 0.05) is 27.8 Å². The molecule has 2 nitrogen and oxygen atoms in total. The molecule has 0 radical (unpaired) electrons. The Labute approximate surface area is 132 Å². The van der Waals surface area contributed by atoms with Gasteiger partial charge in [-0.15, -0.1) is 0 Å². The van der Waals surface area contributed by atoms with Crippen molar-refractivity contribution in [3.05, 3.63) is 34.9 Å². The van der Waals surface area contributed by atoms with Crippen molar-refractivity contribution in [1.82, 2.24) is 5.32 Å². The minimum Gasteiger partial charge on any atom is -0.309 e. The normalized spacial score (nSPS) is 18.8. The molecule has 0 spiro atoms. The summed E-state index contributed by atoms with van der Waals surface area (Å²) < 4.78 is 12.6. The van der Waals surface area contributed by atoms with Crippen molar-refractivity contribution in [3.8, 4) is 0 Å². The van der Waals surface area contributed by atoms with Gasteiger partial charge >= 0.3 is 0 Å². The van der Waals surface area contributed by atoms with Gasteiger partial charge in [0.05, 0.1) is 0 Å². The van der Waals surface area contributed by atoms with Gasteiger partial charge in [-0.3, -0.25) is 4.21 Å². The van der Waals surface area contributed by atoms with Crippen LogP contribution in [0.3, 0.4) is 0 Å². The van der Waals surface area contributed by atoms with Crippen LogP contribution in [0.5, 0.6) is 0 Å². The molecule has 0 bridgehead atoms. The van der Waals surface area contributed by atoms with Gasteiger partial charge in [0.15, 0.2) is 0 Å². The van der Waals surface area contributed by atoms with Crippen LogP contribution in [0.15, 0.2) is 18.2 Å². The maximum Gasteiger partial charge on any atom is 0.0437 e. The zero-order valence-corrected chi connectivity index (χ0v) is 14.5. The standard InChI is InChI=1S/C18H29NOS/c1-4-9-19-18(13-21(20)17-7-5-6-8-17)16-11-14(2)10-15(3)12-16/h10-12,17-19H,4-9,13H2,1-3H3. The first-order valence-electron chi connectivity index (χ1n) is 8.29. The number of aryl methyl sites for hydroxylation is 2. The molecule has 0 saturated heterocycles. The molecule has 0 amide bonds. The van der Waals surface area contributed by atoms with Crippen molar-refractivity contribution in [2.45, 2.75) is 64.2 Å². The summed E-state index contributed by atoms with van der Waals surface area (Å²) in [6, 6.07) is 6.91. The highest BCUT2D eigenvalue weighted by Crippen LogP contribution is 2.26. The number of nitrogens with one attached hydrogen (secondary N) is 1. The summed E-state index contributed by atoms with van der Waals surface area (Å²) in [6.45, 7) is 7.45. The lowest BCUT2D eigenvalue weighted by Gasteiger charge is -2.21. The molecule has 1 aromatic carbocycles. The van der Waals surface area contributed by atoms with E-state index in [4.69, 9.17) is 0 Å². The van der Waals surface area contributed by atoms with Gasteiger partial charge in [0.25, 0.3) is 0 Å². The highest BCUT2D eigenvalue weighted by atomic mass is 32.2. The van der Waals surface area contributed by atoms with Gasteiger partial charge in [-0.1, -0.05) is 49.1 Å².